The minimum absolute atomic E-state index is 0.404. The van der Waals surface area contributed by atoms with Crippen molar-refractivity contribution in [3.8, 4) is 0 Å². The van der Waals surface area contributed by atoms with Crippen LogP contribution in [-0.2, 0) is 29.4 Å². The number of aromatic nitrogens is 3. The van der Waals surface area contributed by atoms with E-state index in [0.29, 0.717) is 13.2 Å². The van der Waals surface area contributed by atoms with E-state index >= 15 is 0 Å². The fraction of sp³-hybridized carbons (Fsp3) is 0.750. The van der Waals surface area contributed by atoms with Gasteiger partial charge in [0.2, 0.25) is 0 Å². The average Bonchev–Trinajstić information content (AvgIpc) is 2.76. The zero-order valence-electron chi connectivity index (χ0n) is 7.49. The van der Waals surface area contributed by atoms with Gasteiger partial charge in [-0.3, -0.25) is 4.68 Å². The van der Waals surface area contributed by atoms with Gasteiger partial charge in [0.25, 0.3) is 0 Å². The van der Waals surface area contributed by atoms with Gasteiger partial charge >= 0.3 is 0 Å². The minimum Gasteiger partial charge on any atom is -0.347 e. The number of nitrogens with zero attached hydrogens (tertiary/aromatic N) is 3. The van der Waals surface area contributed by atoms with Crippen LogP contribution in [-0.4, -0.2) is 34.0 Å². The molecule has 2 aliphatic rings. The molecule has 13 heavy (non-hydrogen) atoms. The Morgan fingerprint density at radius 3 is 2.77 bits per heavy atom. The van der Waals surface area contributed by atoms with Crippen LogP contribution in [0.25, 0.3) is 0 Å². The maximum Gasteiger partial charge on any atom is 0.179 e. The fourth-order valence-corrected chi connectivity index (χ4v) is 2.05. The highest BCUT2D eigenvalue weighted by Crippen LogP contribution is 2.34. The van der Waals surface area contributed by atoms with Crippen LogP contribution in [0.1, 0.15) is 11.4 Å². The Bertz CT molecular complexity index is 341. The summed E-state index contributed by atoms with van der Waals surface area (Å²) in [5, 5.41) is 8.02. The highest BCUT2D eigenvalue weighted by Gasteiger charge is 2.45. The summed E-state index contributed by atoms with van der Waals surface area (Å²) in [5.74, 6) is -0.404. The summed E-state index contributed by atoms with van der Waals surface area (Å²) < 4.78 is 13.0. The summed E-state index contributed by atoms with van der Waals surface area (Å²) >= 11 is 0. The highest BCUT2D eigenvalue weighted by atomic mass is 16.7. The first kappa shape index (κ1) is 7.46. The topological polar surface area (TPSA) is 49.2 Å². The second-order valence-electron chi connectivity index (χ2n) is 3.57. The molecule has 2 heterocycles. The normalized spacial score (nSPS) is 24.1. The molecule has 3 rings (SSSR count). The van der Waals surface area contributed by atoms with Crippen LogP contribution in [0, 0.1) is 0 Å². The lowest BCUT2D eigenvalue weighted by Crippen LogP contribution is -2.31. The number of hydrogen-bond donors (Lipinski definition) is 0. The first-order valence-corrected chi connectivity index (χ1v) is 4.44. The van der Waals surface area contributed by atoms with Crippen LogP contribution in [0.4, 0.5) is 0 Å². The number of fused-ring (bicyclic) bond motifs is 1. The number of aryl methyl sites for hydroxylation is 1. The van der Waals surface area contributed by atoms with Gasteiger partial charge in [-0.2, -0.15) is 0 Å². The molecule has 1 aliphatic heterocycles. The third-order valence-corrected chi connectivity index (χ3v) is 2.71. The van der Waals surface area contributed by atoms with Crippen molar-refractivity contribution in [2.24, 2.45) is 7.05 Å². The number of hydrogen-bond acceptors (Lipinski definition) is 4. The lowest BCUT2D eigenvalue weighted by atomic mass is 10.2. The lowest BCUT2D eigenvalue weighted by molar-refractivity contribution is -0.148. The summed E-state index contributed by atoms with van der Waals surface area (Å²) in [5.41, 5.74) is 2.16. The van der Waals surface area contributed by atoms with E-state index in [-0.39, 0.29) is 0 Å². The molecule has 0 aromatic carbocycles. The van der Waals surface area contributed by atoms with Gasteiger partial charge in [0.1, 0.15) is 0 Å². The molecule has 1 spiro atoms. The third-order valence-electron chi connectivity index (χ3n) is 2.71. The standard InChI is InChI=1S/C8H11N3O2/c1-11-7-5-8(12-2-3-13-8)4-6(7)9-10-11/h2-5H2,1H3. The molecule has 1 aliphatic carbocycles. The summed E-state index contributed by atoms with van der Waals surface area (Å²) in [7, 11) is 1.90. The average molecular weight is 181 g/mol. The van der Waals surface area contributed by atoms with Crippen molar-refractivity contribution in [3.05, 3.63) is 11.4 Å². The SMILES string of the molecule is Cn1nnc2c1CC1(C2)OCCO1. The van der Waals surface area contributed by atoms with Gasteiger partial charge in [-0.05, 0) is 0 Å². The number of ether oxygens (including phenoxy) is 2. The molecule has 0 bridgehead atoms. The Morgan fingerprint density at radius 2 is 2.08 bits per heavy atom. The van der Waals surface area contributed by atoms with E-state index in [2.05, 4.69) is 10.3 Å². The lowest BCUT2D eigenvalue weighted by Gasteiger charge is -2.20. The zero-order chi connectivity index (χ0) is 8.89. The maximum atomic E-state index is 5.59. The predicted octanol–water partition coefficient (Wildman–Crippen LogP) is -0.343. The molecule has 0 radical (unpaired) electrons. The van der Waals surface area contributed by atoms with Crippen molar-refractivity contribution in [1.29, 1.82) is 0 Å². The van der Waals surface area contributed by atoms with E-state index in [9.17, 15) is 0 Å². The molecule has 0 atom stereocenters. The van der Waals surface area contributed by atoms with Crippen molar-refractivity contribution < 1.29 is 9.47 Å². The summed E-state index contributed by atoms with van der Waals surface area (Å²) in [4.78, 5) is 0. The van der Waals surface area contributed by atoms with Crippen molar-refractivity contribution in [2.75, 3.05) is 13.2 Å². The Morgan fingerprint density at radius 1 is 1.31 bits per heavy atom. The second-order valence-corrected chi connectivity index (χ2v) is 3.57. The molecule has 1 saturated heterocycles. The molecule has 0 amide bonds. The van der Waals surface area contributed by atoms with Crippen molar-refractivity contribution in [3.63, 3.8) is 0 Å². The zero-order valence-corrected chi connectivity index (χ0v) is 7.49. The minimum atomic E-state index is -0.404. The molecule has 0 saturated carbocycles. The molecule has 5 nitrogen and oxygen atoms in total. The van der Waals surface area contributed by atoms with E-state index < -0.39 is 5.79 Å². The molecule has 0 N–H and O–H groups in total. The van der Waals surface area contributed by atoms with Crippen LogP contribution in [0.2, 0.25) is 0 Å². The van der Waals surface area contributed by atoms with Gasteiger partial charge in [-0.15, -0.1) is 5.10 Å². The van der Waals surface area contributed by atoms with Gasteiger partial charge < -0.3 is 9.47 Å². The number of rotatable bonds is 0. The molecule has 1 fully saturated rings. The van der Waals surface area contributed by atoms with Gasteiger partial charge in [-0.1, -0.05) is 5.21 Å². The first-order chi connectivity index (χ1) is 6.29. The fourth-order valence-electron chi connectivity index (χ4n) is 2.05. The highest BCUT2D eigenvalue weighted by molar-refractivity contribution is 5.21. The van der Waals surface area contributed by atoms with Crippen LogP contribution in [0.3, 0.4) is 0 Å². The molecule has 1 aromatic rings. The van der Waals surface area contributed by atoms with Crippen LogP contribution < -0.4 is 0 Å². The van der Waals surface area contributed by atoms with Crippen LogP contribution in [0.5, 0.6) is 0 Å². The maximum absolute atomic E-state index is 5.59. The van der Waals surface area contributed by atoms with Gasteiger partial charge in [0, 0.05) is 19.9 Å². The molecule has 1 aromatic heterocycles. The summed E-state index contributed by atoms with van der Waals surface area (Å²) in [6, 6.07) is 0. The Kier molecular flexibility index (Phi) is 1.32. The molecule has 0 unspecified atom stereocenters. The second kappa shape index (κ2) is 2.30. The van der Waals surface area contributed by atoms with E-state index in [0.717, 1.165) is 24.2 Å². The Hall–Kier alpha value is -0.940. The third kappa shape index (κ3) is 0.941. The summed E-state index contributed by atoms with van der Waals surface area (Å²) in [6.07, 6.45) is 1.53. The van der Waals surface area contributed by atoms with Crippen molar-refractivity contribution in [1.82, 2.24) is 15.0 Å². The monoisotopic (exact) mass is 181 g/mol. The van der Waals surface area contributed by atoms with Crippen LogP contribution in [0.15, 0.2) is 0 Å². The first-order valence-electron chi connectivity index (χ1n) is 4.44. The smallest absolute Gasteiger partial charge is 0.179 e. The van der Waals surface area contributed by atoms with E-state index in [1.807, 2.05) is 7.05 Å². The van der Waals surface area contributed by atoms with E-state index in [1.165, 1.54) is 0 Å². The molecule has 70 valence electrons. The predicted molar refractivity (Wildman–Crippen MR) is 43.0 cm³/mol. The van der Waals surface area contributed by atoms with Gasteiger partial charge in [-0.25, -0.2) is 0 Å². The van der Waals surface area contributed by atoms with Gasteiger partial charge in [0.05, 0.1) is 24.6 Å². The molecule has 5 heteroatoms. The molecular weight excluding hydrogens is 170 g/mol. The van der Waals surface area contributed by atoms with E-state index in [1.54, 1.807) is 4.68 Å². The van der Waals surface area contributed by atoms with Crippen LogP contribution >= 0.6 is 0 Å². The molecular formula is C8H11N3O2. The van der Waals surface area contributed by atoms with Gasteiger partial charge in [0.15, 0.2) is 5.79 Å². The van der Waals surface area contributed by atoms with E-state index in [4.69, 9.17) is 9.47 Å². The Labute approximate surface area is 75.6 Å². The Balaban J connectivity index is 1.96. The van der Waals surface area contributed by atoms with Crippen molar-refractivity contribution in [2.45, 2.75) is 18.6 Å². The van der Waals surface area contributed by atoms with Crippen molar-refractivity contribution >= 4 is 0 Å². The summed E-state index contributed by atoms with van der Waals surface area (Å²) in [6.45, 7) is 1.39. The largest absolute Gasteiger partial charge is 0.347 e. The quantitative estimate of drug-likeness (QED) is 0.549.